The number of nitrogens with zero attached hydrogens (tertiary/aromatic N) is 2. The van der Waals surface area contributed by atoms with Crippen LogP contribution in [0.25, 0.3) is 0 Å². The van der Waals surface area contributed by atoms with Crippen LogP contribution in [0.1, 0.15) is 72.4 Å². The van der Waals surface area contributed by atoms with E-state index in [4.69, 9.17) is 24.9 Å². The van der Waals surface area contributed by atoms with Crippen LogP contribution in [0.15, 0.2) is 23.2 Å². The Morgan fingerprint density at radius 1 is 1.23 bits per heavy atom. The molecule has 0 spiro atoms. The first-order valence-corrected chi connectivity index (χ1v) is 12.5. The number of aliphatic imine (C=N–C) groups is 1. The fourth-order valence-electron chi connectivity index (χ4n) is 4.83. The van der Waals surface area contributed by atoms with Crippen molar-refractivity contribution >= 4 is 11.9 Å². The van der Waals surface area contributed by atoms with Gasteiger partial charge in [0.25, 0.3) is 0 Å². The molecule has 2 aliphatic heterocycles. The van der Waals surface area contributed by atoms with Gasteiger partial charge in [-0.05, 0) is 76.1 Å². The first-order valence-electron chi connectivity index (χ1n) is 12.5. The van der Waals surface area contributed by atoms with Gasteiger partial charge in [-0.3, -0.25) is 4.99 Å². The first-order chi connectivity index (χ1) is 16.2. The largest absolute Gasteiger partial charge is 0.487 e. The Morgan fingerprint density at radius 3 is 2.49 bits per heavy atom. The summed E-state index contributed by atoms with van der Waals surface area (Å²) in [5, 5.41) is 9.78. The summed E-state index contributed by atoms with van der Waals surface area (Å²) >= 11 is 0. The smallest absolute Gasteiger partial charge is 0.410 e. The number of rotatable bonds is 5. The highest BCUT2D eigenvalue weighted by molar-refractivity contribution is 5.98. The van der Waals surface area contributed by atoms with E-state index in [2.05, 4.69) is 27.7 Å². The molecule has 8 nitrogen and oxygen atoms in total. The number of aliphatic hydroxyl groups is 1. The summed E-state index contributed by atoms with van der Waals surface area (Å²) in [6.07, 6.45) is 1.75. The number of hydrogen-bond acceptors (Lipinski definition) is 6. The number of hydrogen-bond donors (Lipinski definition) is 2. The van der Waals surface area contributed by atoms with Crippen LogP contribution in [0.2, 0.25) is 0 Å². The summed E-state index contributed by atoms with van der Waals surface area (Å²) in [5.74, 6) is 1.27. The van der Waals surface area contributed by atoms with Gasteiger partial charge in [0.1, 0.15) is 28.9 Å². The summed E-state index contributed by atoms with van der Waals surface area (Å²) in [6, 6.07) is 5.38. The highest BCUT2D eigenvalue weighted by atomic mass is 16.6. The van der Waals surface area contributed by atoms with Gasteiger partial charge in [0.05, 0.1) is 18.7 Å². The highest BCUT2D eigenvalue weighted by Crippen LogP contribution is 2.42. The molecule has 3 rings (SSSR count). The molecule has 1 fully saturated rings. The maximum atomic E-state index is 12.6. The SMILES string of the molecule is CO[C@@](C)([C@H]1CCc2cc(C(N)=N[C@@H]3C[C@@H](CO)N(C(=O)OC(C)(C)C)C3)ccc2O1)C(C)(C)C. The van der Waals surface area contributed by atoms with Gasteiger partial charge in [-0.1, -0.05) is 20.8 Å². The molecule has 2 heterocycles. The molecule has 1 amide bonds. The molecular formula is C27H43N3O5. The lowest BCUT2D eigenvalue weighted by Gasteiger charge is -2.47. The van der Waals surface area contributed by atoms with Crippen LogP contribution in [0.4, 0.5) is 4.79 Å². The number of carbonyl (C=O) groups is 1. The lowest BCUT2D eigenvalue weighted by atomic mass is 9.72. The molecular weight excluding hydrogens is 446 g/mol. The van der Waals surface area contributed by atoms with Crippen LogP contribution < -0.4 is 10.5 Å². The predicted octanol–water partition coefficient (Wildman–Crippen LogP) is 3.91. The second-order valence-corrected chi connectivity index (χ2v) is 11.9. The Bertz CT molecular complexity index is 949. The monoisotopic (exact) mass is 489 g/mol. The molecule has 0 aromatic heterocycles. The van der Waals surface area contributed by atoms with Crippen molar-refractivity contribution in [3.05, 3.63) is 29.3 Å². The molecule has 0 saturated carbocycles. The number of aliphatic hydroxyl groups excluding tert-OH is 1. The second kappa shape index (κ2) is 9.97. The molecule has 0 radical (unpaired) electrons. The number of carbonyl (C=O) groups excluding carboxylic acids is 1. The number of fused-ring (bicyclic) bond motifs is 1. The molecule has 1 aromatic rings. The van der Waals surface area contributed by atoms with Gasteiger partial charge >= 0.3 is 6.09 Å². The van der Waals surface area contributed by atoms with Gasteiger partial charge < -0.3 is 30.0 Å². The number of ether oxygens (including phenoxy) is 3. The molecule has 1 aromatic carbocycles. The Hall–Kier alpha value is -2.32. The van der Waals surface area contributed by atoms with E-state index in [0.717, 1.165) is 29.7 Å². The third-order valence-corrected chi connectivity index (χ3v) is 7.38. The Labute approximate surface area is 209 Å². The number of nitrogens with two attached hydrogens (primary N) is 1. The lowest BCUT2D eigenvalue weighted by molar-refractivity contribution is -0.147. The number of aryl methyl sites for hydroxylation is 1. The van der Waals surface area contributed by atoms with Crippen LogP contribution in [-0.4, -0.2) is 71.6 Å². The van der Waals surface area contributed by atoms with Gasteiger partial charge in [0.15, 0.2) is 0 Å². The summed E-state index contributed by atoms with van der Waals surface area (Å²) in [5.41, 5.74) is 7.20. The van der Waals surface area contributed by atoms with Crippen molar-refractivity contribution in [2.75, 3.05) is 20.3 Å². The van der Waals surface area contributed by atoms with Crippen molar-refractivity contribution in [2.45, 2.75) is 97.1 Å². The van der Waals surface area contributed by atoms with Crippen molar-refractivity contribution < 1.29 is 24.1 Å². The summed E-state index contributed by atoms with van der Waals surface area (Å²) < 4.78 is 17.8. The van der Waals surface area contributed by atoms with Crippen LogP contribution in [0.5, 0.6) is 5.75 Å². The lowest BCUT2D eigenvalue weighted by Crippen LogP contribution is -2.55. The van der Waals surface area contributed by atoms with Gasteiger partial charge in [-0.25, -0.2) is 4.79 Å². The molecule has 3 N–H and O–H groups in total. The van der Waals surface area contributed by atoms with Crippen molar-refractivity contribution in [2.24, 2.45) is 16.1 Å². The molecule has 0 unspecified atom stereocenters. The van der Waals surface area contributed by atoms with Crippen molar-refractivity contribution in [3.8, 4) is 5.75 Å². The van der Waals surface area contributed by atoms with E-state index in [-0.39, 0.29) is 30.2 Å². The van der Waals surface area contributed by atoms with E-state index in [9.17, 15) is 9.90 Å². The van der Waals surface area contributed by atoms with Crippen molar-refractivity contribution in [3.63, 3.8) is 0 Å². The van der Waals surface area contributed by atoms with Crippen LogP contribution in [0.3, 0.4) is 0 Å². The summed E-state index contributed by atoms with van der Waals surface area (Å²) in [7, 11) is 1.75. The van der Waals surface area contributed by atoms with Crippen LogP contribution in [-0.2, 0) is 15.9 Å². The number of amidine groups is 1. The quantitative estimate of drug-likeness (QED) is 0.480. The number of benzene rings is 1. The average Bonchev–Trinajstić information content (AvgIpc) is 3.18. The standard InChI is InChI=1S/C27H43N3O5/c1-25(2,3)27(7,33-8)22-12-10-17-13-18(9-11-21(17)34-22)23(28)29-19-14-20(16-31)30(15-19)24(32)35-26(4,5)6/h9,11,13,19-20,22,31H,10,12,14-16H2,1-8H3,(H2,28,29)/t19-,20+,22-,27+/m1/s1. The normalized spacial score (nSPS) is 25.0. The predicted molar refractivity (Wildman–Crippen MR) is 137 cm³/mol. The molecule has 35 heavy (non-hydrogen) atoms. The minimum Gasteiger partial charge on any atom is -0.487 e. The minimum atomic E-state index is -0.602. The Kier molecular flexibility index (Phi) is 7.77. The van der Waals surface area contributed by atoms with Crippen molar-refractivity contribution in [1.29, 1.82) is 0 Å². The molecule has 0 aliphatic carbocycles. The molecule has 1 saturated heterocycles. The molecule has 2 aliphatic rings. The molecule has 4 atom stereocenters. The summed E-state index contributed by atoms with van der Waals surface area (Å²) in [6.45, 7) is 14.3. The Balaban J connectivity index is 1.73. The average molecular weight is 490 g/mol. The van der Waals surface area contributed by atoms with Gasteiger partial charge in [0, 0.05) is 19.2 Å². The first kappa shape index (κ1) is 27.3. The van der Waals surface area contributed by atoms with Crippen LogP contribution >= 0.6 is 0 Å². The fourth-order valence-corrected chi connectivity index (χ4v) is 4.83. The van der Waals surface area contributed by atoms with Crippen molar-refractivity contribution in [1.82, 2.24) is 4.90 Å². The third kappa shape index (κ3) is 5.92. The molecule has 0 bridgehead atoms. The van der Waals surface area contributed by atoms with Crippen LogP contribution in [0, 0.1) is 5.41 Å². The fraction of sp³-hybridized carbons (Fsp3) is 0.704. The second-order valence-electron chi connectivity index (χ2n) is 11.9. The van der Waals surface area contributed by atoms with Gasteiger partial charge in [0.2, 0.25) is 0 Å². The number of likely N-dealkylation sites (tertiary alicyclic amines) is 1. The minimum absolute atomic E-state index is 0.0513. The topological polar surface area (TPSA) is 107 Å². The molecule has 196 valence electrons. The van der Waals surface area contributed by atoms with E-state index >= 15 is 0 Å². The van der Waals surface area contributed by atoms with E-state index < -0.39 is 17.3 Å². The Morgan fingerprint density at radius 2 is 1.91 bits per heavy atom. The van der Waals surface area contributed by atoms with E-state index in [1.54, 1.807) is 12.0 Å². The summed E-state index contributed by atoms with van der Waals surface area (Å²) in [4.78, 5) is 18.8. The zero-order chi connectivity index (χ0) is 26.2. The zero-order valence-electron chi connectivity index (χ0n) is 22.6. The van der Waals surface area contributed by atoms with E-state index in [1.807, 2.05) is 39.0 Å². The van der Waals surface area contributed by atoms with E-state index in [0.29, 0.717) is 18.8 Å². The van der Waals surface area contributed by atoms with Gasteiger partial charge in [-0.15, -0.1) is 0 Å². The number of methoxy groups -OCH3 is 1. The maximum absolute atomic E-state index is 12.6. The van der Waals surface area contributed by atoms with Gasteiger partial charge in [-0.2, -0.15) is 0 Å². The number of amides is 1. The third-order valence-electron chi connectivity index (χ3n) is 7.38. The molecule has 8 heteroatoms. The zero-order valence-corrected chi connectivity index (χ0v) is 22.6. The maximum Gasteiger partial charge on any atom is 0.410 e. The van der Waals surface area contributed by atoms with E-state index in [1.165, 1.54) is 0 Å². The highest BCUT2D eigenvalue weighted by Gasteiger charge is 2.47.